The summed E-state index contributed by atoms with van der Waals surface area (Å²) in [6, 6.07) is 1.56. The molecule has 0 saturated carbocycles. The van der Waals surface area contributed by atoms with Crippen molar-refractivity contribution in [2.45, 2.75) is 13.1 Å². The van der Waals surface area contributed by atoms with Crippen LogP contribution >= 0.6 is 0 Å². The number of alkyl halides is 3. The Bertz CT molecular complexity index is 462. The first-order valence-corrected chi connectivity index (χ1v) is 5.49. The minimum atomic E-state index is -4.44. The maximum absolute atomic E-state index is 12.5. The Kier molecular flexibility index (Phi) is 4.71. The van der Waals surface area contributed by atoms with Crippen LogP contribution in [0.5, 0.6) is 0 Å². The van der Waals surface area contributed by atoms with E-state index in [9.17, 15) is 13.2 Å². The van der Waals surface area contributed by atoms with Gasteiger partial charge in [0.15, 0.2) is 0 Å². The topological polar surface area (TPSA) is 86.2 Å². The molecular formula is C11H15F3N4O. The molecule has 1 aromatic heterocycles. The molecule has 0 saturated heterocycles. The molecule has 0 unspecified atom stereocenters. The van der Waals surface area contributed by atoms with Crippen LogP contribution in [0.25, 0.3) is 0 Å². The fourth-order valence-corrected chi connectivity index (χ4v) is 1.71. The standard InChI is InChI=1S/C11H15F3N4O/c1-7-2-3-17-10(8(7)9(15)16)18(4-5-19)6-11(12,13)14/h2-3,19H,4-6H2,1H3,(H3,15,16). The van der Waals surface area contributed by atoms with Gasteiger partial charge in [0.2, 0.25) is 0 Å². The lowest BCUT2D eigenvalue weighted by Crippen LogP contribution is -2.38. The first-order valence-electron chi connectivity index (χ1n) is 5.49. The summed E-state index contributed by atoms with van der Waals surface area (Å²) >= 11 is 0. The Morgan fingerprint density at radius 2 is 2.16 bits per heavy atom. The van der Waals surface area contributed by atoms with Crippen LogP contribution in [0.2, 0.25) is 0 Å². The largest absolute Gasteiger partial charge is 0.405 e. The first kappa shape index (κ1) is 15.2. The molecule has 0 bridgehead atoms. The highest BCUT2D eigenvalue weighted by Gasteiger charge is 2.32. The number of halogens is 3. The van der Waals surface area contributed by atoms with E-state index in [1.54, 1.807) is 13.0 Å². The van der Waals surface area contributed by atoms with Gasteiger partial charge in [0.05, 0.1) is 12.2 Å². The Balaban J connectivity index is 3.22. The van der Waals surface area contributed by atoms with Gasteiger partial charge in [0.1, 0.15) is 18.2 Å². The Morgan fingerprint density at radius 1 is 1.53 bits per heavy atom. The van der Waals surface area contributed by atoms with Crippen molar-refractivity contribution in [3.63, 3.8) is 0 Å². The number of amidine groups is 1. The van der Waals surface area contributed by atoms with Crippen LogP contribution in [0.3, 0.4) is 0 Å². The lowest BCUT2D eigenvalue weighted by molar-refractivity contribution is -0.120. The van der Waals surface area contributed by atoms with E-state index < -0.39 is 19.3 Å². The molecule has 0 spiro atoms. The van der Waals surface area contributed by atoms with Gasteiger partial charge in [-0.1, -0.05) is 0 Å². The lowest BCUT2D eigenvalue weighted by atomic mass is 10.1. The summed E-state index contributed by atoms with van der Waals surface area (Å²) in [5, 5.41) is 16.3. The third kappa shape index (κ3) is 4.09. The Labute approximate surface area is 108 Å². The van der Waals surface area contributed by atoms with E-state index in [4.69, 9.17) is 16.2 Å². The van der Waals surface area contributed by atoms with Crippen LogP contribution < -0.4 is 10.6 Å². The molecule has 0 aliphatic rings. The second-order valence-corrected chi connectivity index (χ2v) is 4.00. The second-order valence-electron chi connectivity index (χ2n) is 4.00. The minimum Gasteiger partial charge on any atom is -0.395 e. The van der Waals surface area contributed by atoms with Crippen molar-refractivity contribution in [2.24, 2.45) is 5.73 Å². The molecule has 5 nitrogen and oxygen atoms in total. The number of anilines is 1. The quantitative estimate of drug-likeness (QED) is 0.554. The zero-order valence-electron chi connectivity index (χ0n) is 10.3. The van der Waals surface area contributed by atoms with Crippen LogP contribution in [0, 0.1) is 12.3 Å². The number of nitrogens with zero attached hydrogens (tertiary/aromatic N) is 2. The summed E-state index contributed by atoms with van der Waals surface area (Å²) < 4.78 is 37.5. The van der Waals surface area contributed by atoms with Crippen LogP contribution in [-0.4, -0.2) is 41.8 Å². The number of aliphatic hydroxyl groups excluding tert-OH is 1. The number of hydrogen-bond acceptors (Lipinski definition) is 4. The summed E-state index contributed by atoms with van der Waals surface area (Å²) in [7, 11) is 0. The van der Waals surface area contributed by atoms with Gasteiger partial charge in [-0.25, -0.2) is 4.98 Å². The zero-order valence-corrected chi connectivity index (χ0v) is 10.3. The number of pyridine rings is 1. The molecule has 0 aromatic carbocycles. The van der Waals surface area contributed by atoms with E-state index >= 15 is 0 Å². The van der Waals surface area contributed by atoms with Crippen LogP contribution in [0.15, 0.2) is 12.3 Å². The van der Waals surface area contributed by atoms with Crippen LogP contribution in [0.4, 0.5) is 19.0 Å². The van der Waals surface area contributed by atoms with Gasteiger partial charge in [-0.3, -0.25) is 5.41 Å². The van der Waals surface area contributed by atoms with Gasteiger partial charge in [-0.2, -0.15) is 13.2 Å². The molecule has 0 radical (unpaired) electrons. The van der Waals surface area contributed by atoms with Gasteiger partial charge in [-0.15, -0.1) is 0 Å². The number of aromatic nitrogens is 1. The number of nitrogen functional groups attached to an aromatic ring is 1. The summed E-state index contributed by atoms with van der Waals surface area (Å²) in [4.78, 5) is 4.72. The number of rotatable bonds is 5. The summed E-state index contributed by atoms with van der Waals surface area (Å²) in [5.41, 5.74) is 6.10. The van der Waals surface area contributed by atoms with E-state index in [1.165, 1.54) is 6.20 Å². The molecule has 0 fully saturated rings. The fourth-order valence-electron chi connectivity index (χ4n) is 1.71. The molecule has 0 amide bonds. The van der Waals surface area contributed by atoms with Crippen molar-refractivity contribution in [3.8, 4) is 0 Å². The van der Waals surface area contributed by atoms with Crippen molar-refractivity contribution < 1.29 is 18.3 Å². The highest BCUT2D eigenvalue weighted by Crippen LogP contribution is 2.24. The van der Waals surface area contributed by atoms with E-state index in [-0.39, 0.29) is 23.8 Å². The molecule has 1 rings (SSSR count). The smallest absolute Gasteiger partial charge is 0.395 e. The molecule has 106 valence electrons. The van der Waals surface area contributed by atoms with Crippen molar-refractivity contribution in [3.05, 3.63) is 23.4 Å². The molecule has 0 aliphatic carbocycles. The first-order chi connectivity index (χ1) is 8.76. The van der Waals surface area contributed by atoms with Gasteiger partial charge in [0, 0.05) is 12.7 Å². The summed E-state index contributed by atoms with van der Waals surface area (Å²) in [5.74, 6) is -0.399. The SMILES string of the molecule is Cc1ccnc(N(CCO)CC(F)(F)F)c1C(=N)N. The van der Waals surface area contributed by atoms with Crippen molar-refractivity contribution in [2.75, 3.05) is 24.6 Å². The molecular weight excluding hydrogens is 261 g/mol. The van der Waals surface area contributed by atoms with E-state index in [0.717, 1.165) is 4.90 Å². The maximum Gasteiger partial charge on any atom is 0.405 e. The summed E-state index contributed by atoms with van der Waals surface area (Å²) in [6.45, 7) is -0.323. The second kappa shape index (κ2) is 5.87. The van der Waals surface area contributed by atoms with Crippen molar-refractivity contribution in [1.82, 2.24) is 4.98 Å². The van der Waals surface area contributed by atoms with Gasteiger partial charge in [0.25, 0.3) is 0 Å². The van der Waals surface area contributed by atoms with E-state index in [0.29, 0.717) is 5.56 Å². The highest BCUT2D eigenvalue weighted by atomic mass is 19.4. The van der Waals surface area contributed by atoms with Crippen LogP contribution in [0.1, 0.15) is 11.1 Å². The Morgan fingerprint density at radius 3 is 2.63 bits per heavy atom. The number of aryl methyl sites for hydroxylation is 1. The molecule has 4 N–H and O–H groups in total. The number of hydrogen-bond donors (Lipinski definition) is 3. The van der Waals surface area contributed by atoms with E-state index in [2.05, 4.69) is 4.98 Å². The predicted octanol–water partition coefficient (Wildman–Crippen LogP) is 1.04. The lowest BCUT2D eigenvalue weighted by Gasteiger charge is -2.26. The summed E-state index contributed by atoms with van der Waals surface area (Å²) in [6.07, 6.45) is -3.09. The molecule has 1 heterocycles. The number of nitrogens with two attached hydrogens (primary N) is 1. The molecule has 19 heavy (non-hydrogen) atoms. The van der Waals surface area contributed by atoms with Gasteiger partial charge in [-0.05, 0) is 18.6 Å². The maximum atomic E-state index is 12.5. The van der Waals surface area contributed by atoms with Gasteiger partial charge >= 0.3 is 6.18 Å². The third-order valence-corrected chi connectivity index (χ3v) is 2.45. The molecule has 0 aliphatic heterocycles. The minimum absolute atomic E-state index is 0.0427. The predicted molar refractivity (Wildman–Crippen MR) is 65.3 cm³/mol. The van der Waals surface area contributed by atoms with E-state index in [1.807, 2.05) is 0 Å². The average Bonchev–Trinajstić information content (AvgIpc) is 2.25. The zero-order chi connectivity index (χ0) is 14.6. The molecule has 1 aromatic rings. The third-order valence-electron chi connectivity index (χ3n) is 2.45. The number of aliphatic hydroxyl groups is 1. The van der Waals surface area contributed by atoms with Gasteiger partial charge < -0.3 is 15.7 Å². The normalized spacial score (nSPS) is 11.4. The monoisotopic (exact) mass is 276 g/mol. The molecule has 8 heteroatoms. The number of nitrogens with one attached hydrogen (secondary N) is 1. The average molecular weight is 276 g/mol. The van der Waals surface area contributed by atoms with Crippen molar-refractivity contribution >= 4 is 11.7 Å². The molecule has 0 atom stereocenters. The Hall–Kier alpha value is -1.83. The highest BCUT2D eigenvalue weighted by molar-refractivity contribution is 6.01. The van der Waals surface area contributed by atoms with Crippen LogP contribution in [-0.2, 0) is 0 Å². The fraction of sp³-hybridized carbons (Fsp3) is 0.455. The van der Waals surface area contributed by atoms with Crippen molar-refractivity contribution in [1.29, 1.82) is 5.41 Å².